The molecule has 0 aliphatic heterocycles. The highest BCUT2D eigenvalue weighted by atomic mass is 16.6. The van der Waals surface area contributed by atoms with Crippen molar-refractivity contribution in [3.63, 3.8) is 0 Å². The number of aromatic nitrogens is 2. The minimum Gasteiger partial charge on any atom is -0.368 e. The summed E-state index contributed by atoms with van der Waals surface area (Å²) in [5.74, 6) is 0.775. The number of nitrogens with one attached hydrogen (secondary N) is 1. The monoisotopic (exact) mass is 609 g/mol. The first-order chi connectivity index (χ1) is 19.9. The van der Waals surface area contributed by atoms with Crippen LogP contribution in [0.2, 0.25) is 0 Å². The van der Waals surface area contributed by atoms with E-state index >= 15 is 0 Å². The quantitative estimate of drug-likeness (QED) is 0.269. The van der Waals surface area contributed by atoms with Crippen molar-refractivity contribution < 1.29 is 14.6 Å². The normalized spacial score (nSPS) is 22.2. The van der Waals surface area contributed by atoms with Crippen LogP contribution in [0, 0.1) is 16.7 Å². The maximum Gasteiger partial charge on any atom is 0.272 e. The molecule has 7 heteroatoms. The molecule has 4 N–H and O–H groups in total. The summed E-state index contributed by atoms with van der Waals surface area (Å²) in [5, 5.41) is 17.1. The maximum absolute atomic E-state index is 13.6. The fourth-order valence-corrected chi connectivity index (χ4v) is 7.05. The van der Waals surface area contributed by atoms with E-state index in [1.807, 2.05) is 20.8 Å². The van der Waals surface area contributed by atoms with E-state index in [1.165, 1.54) is 70.5 Å². The van der Waals surface area contributed by atoms with Crippen LogP contribution >= 0.6 is 0 Å². The molecular formula is C36H72N4O3. The van der Waals surface area contributed by atoms with Crippen molar-refractivity contribution in [3.05, 3.63) is 17.0 Å². The van der Waals surface area contributed by atoms with Crippen molar-refractivity contribution in [1.29, 1.82) is 0 Å². The minimum absolute atomic E-state index is 0.0143. The number of ether oxygens (including phenoxy) is 1. The van der Waals surface area contributed by atoms with Gasteiger partial charge in [0, 0.05) is 17.3 Å². The molecule has 4 atom stereocenters. The lowest BCUT2D eigenvalue weighted by molar-refractivity contribution is -0.154. The highest BCUT2D eigenvalue weighted by Crippen LogP contribution is 2.48. The summed E-state index contributed by atoms with van der Waals surface area (Å²) in [7, 11) is 1.50. The molecule has 4 unspecified atom stereocenters. The molecule has 0 bridgehead atoms. The molecule has 1 amide bonds. The van der Waals surface area contributed by atoms with Gasteiger partial charge in [-0.05, 0) is 90.0 Å². The maximum atomic E-state index is 13.6. The third kappa shape index (κ3) is 13.6. The molecule has 1 heterocycles. The van der Waals surface area contributed by atoms with Crippen molar-refractivity contribution in [2.24, 2.45) is 22.5 Å². The Morgan fingerprint density at radius 1 is 1.05 bits per heavy atom. The van der Waals surface area contributed by atoms with Gasteiger partial charge in [0.25, 0.3) is 5.91 Å². The Hall–Kier alpha value is -1.44. The van der Waals surface area contributed by atoms with Crippen LogP contribution in [0.5, 0.6) is 0 Å². The topological polar surface area (TPSA) is 102 Å². The Morgan fingerprint density at radius 2 is 1.58 bits per heavy atom. The molecule has 2 aliphatic rings. The highest BCUT2D eigenvalue weighted by molar-refractivity contribution is 5.94. The molecule has 7 nitrogen and oxygen atoms in total. The average molecular weight is 609 g/mol. The number of hydrogen-bond donors (Lipinski definition) is 3. The van der Waals surface area contributed by atoms with E-state index < -0.39 is 6.29 Å². The van der Waals surface area contributed by atoms with Gasteiger partial charge in [0.1, 0.15) is 0 Å². The Bertz CT molecular complexity index is 907. The lowest BCUT2D eigenvalue weighted by Crippen LogP contribution is -2.53. The number of aliphatic hydroxyl groups excluding tert-OH is 1. The first-order valence-corrected chi connectivity index (χ1v) is 17.3. The highest BCUT2D eigenvalue weighted by Gasteiger charge is 2.46. The van der Waals surface area contributed by atoms with Gasteiger partial charge in [0.15, 0.2) is 12.0 Å². The first-order valence-electron chi connectivity index (χ1n) is 17.3. The third-order valence-electron chi connectivity index (χ3n) is 8.33. The molecule has 1 aromatic heterocycles. The molecule has 0 spiro atoms. The van der Waals surface area contributed by atoms with Crippen molar-refractivity contribution in [2.75, 3.05) is 7.05 Å². The van der Waals surface area contributed by atoms with Crippen LogP contribution in [0.3, 0.4) is 0 Å². The Morgan fingerprint density at radius 3 is 1.93 bits per heavy atom. The van der Waals surface area contributed by atoms with Crippen LogP contribution in [0.4, 0.5) is 0 Å². The lowest BCUT2D eigenvalue weighted by Gasteiger charge is -2.43. The van der Waals surface area contributed by atoms with E-state index in [0.29, 0.717) is 11.7 Å². The van der Waals surface area contributed by atoms with Crippen LogP contribution in [0.1, 0.15) is 176 Å². The van der Waals surface area contributed by atoms with E-state index in [9.17, 15) is 4.79 Å². The first kappa shape index (κ1) is 41.6. The summed E-state index contributed by atoms with van der Waals surface area (Å²) in [6.45, 7) is 27.5. The number of aliphatic hydroxyl groups is 1. The minimum atomic E-state index is -0.657. The summed E-state index contributed by atoms with van der Waals surface area (Å²) >= 11 is 0. The predicted molar refractivity (Wildman–Crippen MR) is 184 cm³/mol. The molecule has 0 saturated heterocycles. The summed E-state index contributed by atoms with van der Waals surface area (Å²) in [5.41, 5.74) is 7.57. The number of amides is 1. The standard InChI is InChI=1S/C26H45N3O.C6H14O2.C3H8.CH5N/c1-8-20-21(9-2)29(19-13-11-10-12-14-19)28-22(20)23(30)27-24(25(4,5)6)26(7)16-15-18(3)17-26;1-5(7)8-6(2,3)4;1-3-2;1-2/h18-19,24H,8-17H2,1-7H3,(H,27,30);5,7H,1-4H3;3H2,1-2H3;2H2,1H3. The summed E-state index contributed by atoms with van der Waals surface area (Å²) in [6.07, 6.45) is 12.3. The second kappa shape index (κ2) is 19.2. The van der Waals surface area contributed by atoms with Crippen molar-refractivity contribution in [2.45, 2.75) is 185 Å². The van der Waals surface area contributed by atoms with Crippen molar-refractivity contribution >= 4 is 5.91 Å². The molecule has 3 rings (SSSR count). The van der Waals surface area contributed by atoms with Crippen LogP contribution < -0.4 is 11.1 Å². The average Bonchev–Trinajstić information content (AvgIpc) is 3.47. The van der Waals surface area contributed by atoms with Gasteiger partial charge in [-0.3, -0.25) is 9.48 Å². The van der Waals surface area contributed by atoms with Gasteiger partial charge in [-0.2, -0.15) is 5.10 Å². The fraction of sp³-hybridized carbons (Fsp3) is 0.889. The molecule has 1 aromatic rings. The lowest BCUT2D eigenvalue weighted by atomic mass is 9.68. The van der Waals surface area contributed by atoms with Gasteiger partial charge < -0.3 is 20.9 Å². The molecule has 2 aliphatic carbocycles. The molecular weight excluding hydrogens is 536 g/mol. The molecule has 2 saturated carbocycles. The number of hydrogen-bond acceptors (Lipinski definition) is 5. The van der Waals surface area contributed by atoms with Crippen LogP contribution in [-0.2, 0) is 17.6 Å². The number of carbonyl (C=O) groups is 1. The van der Waals surface area contributed by atoms with E-state index in [0.717, 1.165) is 24.3 Å². The smallest absolute Gasteiger partial charge is 0.272 e. The van der Waals surface area contributed by atoms with Crippen LogP contribution in [0.25, 0.3) is 0 Å². The number of nitrogens with zero attached hydrogens (tertiary/aromatic N) is 2. The second-order valence-corrected chi connectivity index (χ2v) is 15.0. The molecule has 2 fully saturated rings. The molecule has 254 valence electrons. The van der Waals surface area contributed by atoms with Gasteiger partial charge in [0.2, 0.25) is 0 Å². The van der Waals surface area contributed by atoms with E-state index in [1.54, 1.807) is 6.92 Å². The van der Waals surface area contributed by atoms with Gasteiger partial charge in [0.05, 0.1) is 11.6 Å². The fourth-order valence-electron chi connectivity index (χ4n) is 7.05. The Kier molecular flexibility index (Phi) is 18.5. The van der Waals surface area contributed by atoms with E-state index in [4.69, 9.17) is 14.9 Å². The SMILES string of the molecule is CC(O)OC(C)(C)C.CCC.CCc1c(C(=O)NC(C(C)(C)C)C2(C)CCC(C)C2)nn(C2CCCCC2)c1CC.CN. The molecule has 43 heavy (non-hydrogen) atoms. The van der Waals surface area contributed by atoms with Gasteiger partial charge in [-0.25, -0.2) is 0 Å². The Balaban J connectivity index is 0.00000115. The van der Waals surface area contributed by atoms with Crippen LogP contribution in [0.15, 0.2) is 0 Å². The van der Waals surface area contributed by atoms with Crippen LogP contribution in [-0.4, -0.2) is 45.8 Å². The Labute approximate surface area is 266 Å². The number of carbonyl (C=O) groups excluding carboxylic acids is 1. The largest absolute Gasteiger partial charge is 0.368 e. The zero-order chi connectivity index (χ0) is 33.6. The molecule has 0 radical (unpaired) electrons. The number of nitrogens with two attached hydrogens (primary N) is 1. The summed E-state index contributed by atoms with van der Waals surface area (Å²) < 4.78 is 7.23. The second-order valence-electron chi connectivity index (χ2n) is 15.0. The zero-order valence-electron chi connectivity index (χ0n) is 30.8. The van der Waals surface area contributed by atoms with Gasteiger partial charge in [-0.1, -0.05) is 94.4 Å². The van der Waals surface area contributed by atoms with Crippen molar-refractivity contribution in [1.82, 2.24) is 15.1 Å². The third-order valence-corrected chi connectivity index (χ3v) is 8.33. The van der Waals surface area contributed by atoms with E-state index in [-0.39, 0.29) is 28.4 Å². The summed E-state index contributed by atoms with van der Waals surface area (Å²) in [4.78, 5) is 13.6. The zero-order valence-corrected chi connectivity index (χ0v) is 30.8. The molecule has 0 aromatic carbocycles. The predicted octanol–water partition coefficient (Wildman–Crippen LogP) is 8.61. The van der Waals surface area contributed by atoms with Gasteiger partial charge in [-0.15, -0.1) is 0 Å². The number of rotatable bonds is 7. The summed E-state index contributed by atoms with van der Waals surface area (Å²) in [6, 6.07) is 0.615. The van der Waals surface area contributed by atoms with E-state index in [2.05, 4.69) is 78.0 Å². The van der Waals surface area contributed by atoms with Crippen molar-refractivity contribution in [3.8, 4) is 0 Å². The van der Waals surface area contributed by atoms with Gasteiger partial charge >= 0.3 is 0 Å².